The molecular weight excluding hydrogens is 406 g/mol. The Kier molecular flexibility index (Phi) is 5.64. The molecule has 0 fully saturated rings. The van der Waals surface area contributed by atoms with Crippen LogP contribution >= 0.6 is 23.1 Å². The first-order chi connectivity index (χ1) is 14.1. The first kappa shape index (κ1) is 19.2. The van der Waals surface area contributed by atoms with Crippen LogP contribution < -0.4 is 15.6 Å². The lowest BCUT2D eigenvalue weighted by Crippen LogP contribution is -2.20. The third-order valence-corrected chi connectivity index (χ3v) is 6.02. The summed E-state index contributed by atoms with van der Waals surface area (Å²) in [4.78, 5) is 29.1. The van der Waals surface area contributed by atoms with Gasteiger partial charge in [0.25, 0.3) is 5.56 Å². The van der Waals surface area contributed by atoms with E-state index in [4.69, 9.17) is 4.74 Å². The van der Waals surface area contributed by atoms with E-state index in [1.807, 2.05) is 41.8 Å². The molecule has 29 heavy (non-hydrogen) atoms. The fraction of sp³-hybridized carbons (Fsp3) is 0.0952. The highest BCUT2D eigenvalue weighted by Crippen LogP contribution is 2.23. The Hall–Kier alpha value is -3.10. The van der Waals surface area contributed by atoms with Crippen molar-refractivity contribution < 1.29 is 9.53 Å². The molecule has 0 aliphatic rings. The molecule has 1 N–H and O–H groups in total. The molecule has 0 saturated carbocycles. The summed E-state index contributed by atoms with van der Waals surface area (Å²) in [7, 11) is 1.67. The molecule has 0 atom stereocenters. The van der Waals surface area contributed by atoms with Crippen LogP contribution in [-0.2, 0) is 11.8 Å². The van der Waals surface area contributed by atoms with Gasteiger partial charge in [-0.3, -0.25) is 14.2 Å². The van der Waals surface area contributed by atoms with Gasteiger partial charge in [0.2, 0.25) is 5.91 Å². The van der Waals surface area contributed by atoms with Crippen molar-refractivity contribution in [2.24, 2.45) is 7.05 Å². The molecule has 4 rings (SSSR count). The Balaban J connectivity index is 1.36. The molecule has 0 unspecified atom stereocenters. The maximum absolute atomic E-state index is 12.3. The summed E-state index contributed by atoms with van der Waals surface area (Å²) in [5.41, 5.74) is 1.24. The van der Waals surface area contributed by atoms with Crippen molar-refractivity contribution in [2.75, 3.05) is 11.1 Å². The zero-order valence-corrected chi connectivity index (χ0v) is 17.1. The molecule has 2 aromatic heterocycles. The molecule has 0 bridgehead atoms. The van der Waals surface area contributed by atoms with Crippen LogP contribution in [0.1, 0.15) is 0 Å². The zero-order valence-electron chi connectivity index (χ0n) is 15.5. The summed E-state index contributed by atoms with van der Waals surface area (Å²) in [5.74, 6) is 1.41. The molecule has 0 spiro atoms. The number of fused-ring (bicyclic) bond motifs is 1. The largest absolute Gasteiger partial charge is 0.457 e. The van der Waals surface area contributed by atoms with E-state index in [0.29, 0.717) is 26.8 Å². The molecule has 0 aliphatic carbocycles. The number of amides is 1. The second-order valence-electron chi connectivity index (χ2n) is 6.17. The Morgan fingerprint density at radius 3 is 2.59 bits per heavy atom. The van der Waals surface area contributed by atoms with Crippen molar-refractivity contribution in [3.63, 3.8) is 0 Å². The van der Waals surface area contributed by atoms with E-state index in [1.54, 1.807) is 31.3 Å². The third-order valence-electron chi connectivity index (χ3n) is 4.10. The van der Waals surface area contributed by atoms with Crippen molar-refractivity contribution in [3.05, 3.63) is 76.4 Å². The molecule has 0 radical (unpaired) electrons. The van der Waals surface area contributed by atoms with E-state index in [1.165, 1.54) is 27.7 Å². The average Bonchev–Trinajstić information content (AvgIpc) is 3.21. The standard InChI is InChI=1S/C21H17N3O3S2/c1-24-20(26)19-17(11-12-28-19)23-21(24)29-13-18(25)22-14-7-9-16(10-8-14)27-15-5-3-2-4-6-15/h2-12H,13H2,1H3,(H,22,25). The number of ether oxygens (including phenoxy) is 1. The minimum Gasteiger partial charge on any atom is -0.457 e. The van der Waals surface area contributed by atoms with Crippen molar-refractivity contribution in [1.29, 1.82) is 0 Å². The van der Waals surface area contributed by atoms with Gasteiger partial charge in [0, 0.05) is 12.7 Å². The second-order valence-corrected chi connectivity index (χ2v) is 8.03. The smallest absolute Gasteiger partial charge is 0.271 e. The number of hydrogen-bond acceptors (Lipinski definition) is 6. The molecule has 2 aromatic carbocycles. The molecular formula is C21H17N3O3S2. The highest BCUT2D eigenvalue weighted by molar-refractivity contribution is 7.99. The molecule has 6 nitrogen and oxygen atoms in total. The van der Waals surface area contributed by atoms with E-state index < -0.39 is 0 Å². The van der Waals surface area contributed by atoms with Gasteiger partial charge in [-0.15, -0.1) is 11.3 Å². The van der Waals surface area contributed by atoms with Gasteiger partial charge in [0.1, 0.15) is 16.2 Å². The summed E-state index contributed by atoms with van der Waals surface area (Å²) in [5, 5.41) is 5.20. The van der Waals surface area contributed by atoms with Crippen LogP contribution in [0.15, 0.2) is 76.0 Å². The number of carbonyl (C=O) groups excluding carboxylic acids is 1. The average molecular weight is 424 g/mol. The number of thioether (sulfide) groups is 1. The number of aromatic nitrogens is 2. The van der Waals surface area contributed by atoms with E-state index in [0.717, 1.165) is 5.75 Å². The first-order valence-corrected chi connectivity index (χ1v) is 10.7. The summed E-state index contributed by atoms with van der Waals surface area (Å²) in [6.07, 6.45) is 0. The number of nitrogens with one attached hydrogen (secondary N) is 1. The summed E-state index contributed by atoms with van der Waals surface area (Å²) >= 11 is 2.60. The van der Waals surface area contributed by atoms with Crippen LogP contribution in [0.3, 0.4) is 0 Å². The van der Waals surface area contributed by atoms with Crippen LogP contribution in [0.4, 0.5) is 5.69 Å². The number of para-hydroxylation sites is 1. The van der Waals surface area contributed by atoms with Crippen LogP contribution in [0.5, 0.6) is 11.5 Å². The fourth-order valence-corrected chi connectivity index (χ4v) is 4.23. The number of anilines is 1. The predicted octanol–water partition coefficient (Wildman–Crippen LogP) is 4.52. The lowest BCUT2D eigenvalue weighted by atomic mass is 10.3. The first-order valence-electron chi connectivity index (χ1n) is 8.80. The highest BCUT2D eigenvalue weighted by atomic mass is 32.2. The normalized spacial score (nSPS) is 10.8. The summed E-state index contributed by atoms with van der Waals surface area (Å²) in [6, 6.07) is 18.5. The van der Waals surface area contributed by atoms with Crippen molar-refractivity contribution in [2.45, 2.75) is 5.16 Å². The van der Waals surface area contributed by atoms with E-state index in [-0.39, 0.29) is 17.2 Å². The minimum atomic E-state index is -0.175. The van der Waals surface area contributed by atoms with Gasteiger partial charge in [-0.1, -0.05) is 30.0 Å². The van der Waals surface area contributed by atoms with Crippen LogP contribution in [0.25, 0.3) is 10.2 Å². The van der Waals surface area contributed by atoms with Gasteiger partial charge in [-0.2, -0.15) is 0 Å². The topological polar surface area (TPSA) is 73.2 Å². The maximum Gasteiger partial charge on any atom is 0.271 e. The summed E-state index contributed by atoms with van der Waals surface area (Å²) < 4.78 is 7.84. The van der Waals surface area contributed by atoms with Gasteiger partial charge < -0.3 is 10.1 Å². The Morgan fingerprint density at radius 2 is 1.83 bits per heavy atom. The third kappa shape index (κ3) is 4.49. The molecule has 8 heteroatoms. The molecule has 1 amide bonds. The van der Waals surface area contributed by atoms with Crippen molar-refractivity contribution in [3.8, 4) is 11.5 Å². The number of carbonyl (C=O) groups is 1. The predicted molar refractivity (Wildman–Crippen MR) is 117 cm³/mol. The number of rotatable bonds is 6. The quantitative estimate of drug-likeness (QED) is 0.365. The highest BCUT2D eigenvalue weighted by Gasteiger charge is 2.12. The minimum absolute atomic E-state index is 0.0955. The number of hydrogen-bond donors (Lipinski definition) is 1. The number of benzene rings is 2. The maximum atomic E-state index is 12.3. The molecule has 4 aromatic rings. The van der Waals surface area contributed by atoms with E-state index >= 15 is 0 Å². The van der Waals surface area contributed by atoms with Gasteiger partial charge >= 0.3 is 0 Å². The van der Waals surface area contributed by atoms with Crippen LogP contribution in [0, 0.1) is 0 Å². The van der Waals surface area contributed by atoms with E-state index in [9.17, 15) is 9.59 Å². The molecule has 146 valence electrons. The van der Waals surface area contributed by atoms with Gasteiger partial charge in [0.05, 0.1) is 11.3 Å². The Morgan fingerprint density at radius 1 is 1.10 bits per heavy atom. The lowest BCUT2D eigenvalue weighted by molar-refractivity contribution is -0.113. The van der Waals surface area contributed by atoms with Crippen molar-refractivity contribution in [1.82, 2.24) is 9.55 Å². The van der Waals surface area contributed by atoms with Crippen molar-refractivity contribution >= 4 is 44.9 Å². The van der Waals surface area contributed by atoms with Crippen LogP contribution in [-0.4, -0.2) is 21.2 Å². The molecule has 0 saturated heterocycles. The SMILES string of the molecule is Cn1c(SCC(=O)Nc2ccc(Oc3ccccc3)cc2)nc2ccsc2c1=O. The molecule has 2 heterocycles. The molecule has 0 aliphatic heterocycles. The lowest BCUT2D eigenvalue weighted by Gasteiger charge is -2.09. The fourth-order valence-electron chi connectivity index (χ4n) is 2.66. The Labute approximate surface area is 175 Å². The van der Waals surface area contributed by atoms with Gasteiger partial charge in [-0.05, 0) is 47.8 Å². The number of thiophene rings is 1. The number of nitrogens with zero attached hydrogens (tertiary/aromatic N) is 2. The van der Waals surface area contributed by atoms with E-state index in [2.05, 4.69) is 10.3 Å². The van der Waals surface area contributed by atoms with Gasteiger partial charge in [-0.25, -0.2) is 4.98 Å². The summed E-state index contributed by atoms with van der Waals surface area (Å²) in [6.45, 7) is 0. The van der Waals surface area contributed by atoms with Crippen LogP contribution in [0.2, 0.25) is 0 Å². The Bertz CT molecular complexity index is 1200. The second kappa shape index (κ2) is 8.50. The monoisotopic (exact) mass is 423 g/mol. The zero-order chi connectivity index (χ0) is 20.2. The van der Waals surface area contributed by atoms with Gasteiger partial charge in [0.15, 0.2) is 5.16 Å².